The highest BCUT2D eigenvalue weighted by molar-refractivity contribution is 5.67. The fraction of sp³-hybridized carbons (Fsp3) is 0.235. The molecule has 0 aliphatic heterocycles. The van der Waals surface area contributed by atoms with E-state index in [0.717, 1.165) is 11.1 Å². The largest absolute Gasteiger partial charge is 0.493 e. The van der Waals surface area contributed by atoms with E-state index >= 15 is 0 Å². The molecule has 0 aromatic heterocycles. The first-order valence-electron chi connectivity index (χ1n) is 6.58. The molecule has 0 aliphatic rings. The highest BCUT2D eigenvalue weighted by Crippen LogP contribution is 2.25. The molecule has 0 heterocycles. The Balaban J connectivity index is 2.16. The lowest BCUT2D eigenvalue weighted by Crippen LogP contribution is -2.04. The molecule has 104 valence electrons. The lowest BCUT2D eigenvalue weighted by molar-refractivity contribution is -0.137. The molecule has 0 fully saturated rings. The van der Waals surface area contributed by atoms with Gasteiger partial charge in [-0.2, -0.15) is 0 Å². The van der Waals surface area contributed by atoms with Crippen LogP contribution in [0.3, 0.4) is 0 Å². The molecule has 0 bridgehead atoms. The molecule has 2 aromatic rings. The second-order valence-electron chi connectivity index (χ2n) is 4.82. The number of ether oxygens (including phenoxy) is 1. The first-order chi connectivity index (χ1) is 9.56. The molecule has 0 radical (unpaired) electrons. The van der Waals surface area contributed by atoms with Crippen LogP contribution in [-0.2, 0) is 4.79 Å². The van der Waals surface area contributed by atoms with Gasteiger partial charge >= 0.3 is 5.97 Å². The van der Waals surface area contributed by atoms with E-state index in [9.17, 15) is 4.79 Å². The van der Waals surface area contributed by atoms with Gasteiger partial charge in [-0.05, 0) is 48.2 Å². The fourth-order valence-electron chi connectivity index (χ4n) is 1.94. The van der Waals surface area contributed by atoms with E-state index in [0.29, 0.717) is 5.75 Å². The number of hydrogen-bond acceptors (Lipinski definition) is 2. The SMILES string of the molecule is Cc1ccc(-c2cccc(OCCC(=O)O)c2)cc1C. The summed E-state index contributed by atoms with van der Waals surface area (Å²) in [4.78, 5) is 10.5. The third-order valence-corrected chi connectivity index (χ3v) is 3.26. The van der Waals surface area contributed by atoms with E-state index in [1.54, 1.807) is 0 Å². The van der Waals surface area contributed by atoms with Crippen molar-refractivity contribution in [2.75, 3.05) is 6.61 Å². The minimum atomic E-state index is -0.852. The Morgan fingerprint density at radius 3 is 2.50 bits per heavy atom. The Morgan fingerprint density at radius 1 is 1.05 bits per heavy atom. The van der Waals surface area contributed by atoms with Crippen molar-refractivity contribution in [3.05, 3.63) is 53.6 Å². The first-order valence-corrected chi connectivity index (χ1v) is 6.58. The number of benzene rings is 2. The van der Waals surface area contributed by atoms with Crippen molar-refractivity contribution >= 4 is 5.97 Å². The molecule has 0 saturated heterocycles. The second-order valence-corrected chi connectivity index (χ2v) is 4.82. The maximum atomic E-state index is 10.5. The molecule has 20 heavy (non-hydrogen) atoms. The third-order valence-electron chi connectivity index (χ3n) is 3.26. The van der Waals surface area contributed by atoms with Gasteiger partial charge in [0, 0.05) is 0 Å². The standard InChI is InChI=1S/C17H18O3/c1-12-6-7-15(10-13(12)2)14-4-3-5-16(11-14)20-9-8-17(18)19/h3-7,10-11H,8-9H2,1-2H3,(H,18,19). The van der Waals surface area contributed by atoms with Crippen LogP contribution in [0.2, 0.25) is 0 Å². The van der Waals surface area contributed by atoms with Gasteiger partial charge in [-0.3, -0.25) is 4.79 Å². The van der Waals surface area contributed by atoms with Gasteiger partial charge in [-0.25, -0.2) is 0 Å². The summed E-state index contributed by atoms with van der Waals surface area (Å²) in [5, 5.41) is 8.60. The summed E-state index contributed by atoms with van der Waals surface area (Å²) in [6.45, 7) is 4.36. The van der Waals surface area contributed by atoms with Gasteiger partial charge in [0.15, 0.2) is 0 Å². The zero-order valence-corrected chi connectivity index (χ0v) is 11.7. The molecule has 0 aliphatic carbocycles. The number of carboxylic acids is 1. The van der Waals surface area contributed by atoms with Crippen molar-refractivity contribution in [1.82, 2.24) is 0 Å². The molecule has 0 unspecified atom stereocenters. The molecular formula is C17H18O3. The highest BCUT2D eigenvalue weighted by atomic mass is 16.5. The zero-order chi connectivity index (χ0) is 14.5. The van der Waals surface area contributed by atoms with E-state index < -0.39 is 5.97 Å². The molecule has 3 heteroatoms. The summed E-state index contributed by atoms with van der Waals surface area (Å²) in [7, 11) is 0. The van der Waals surface area contributed by atoms with Gasteiger partial charge in [0.2, 0.25) is 0 Å². The first kappa shape index (κ1) is 14.1. The average molecular weight is 270 g/mol. The van der Waals surface area contributed by atoms with Crippen LogP contribution < -0.4 is 4.74 Å². The van der Waals surface area contributed by atoms with Crippen molar-refractivity contribution in [1.29, 1.82) is 0 Å². The third kappa shape index (κ3) is 3.60. The van der Waals surface area contributed by atoms with E-state index in [1.165, 1.54) is 11.1 Å². The lowest BCUT2D eigenvalue weighted by Gasteiger charge is -2.09. The van der Waals surface area contributed by atoms with E-state index in [2.05, 4.69) is 32.0 Å². The quantitative estimate of drug-likeness (QED) is 0.898. The second kappa shape index (κ2) is 6.24. The number of rotatable bonds is 5. The van der Waals surface area contributed by atoms with Crippen LogP contribution in [0, 0.1) is 13.8 Å². The van der Waals surface area contributed by atoms with Gasteiger partial charge in [0.25, 0.3) is 0 Å². The van der Waals surface area contributed by atoms with E-state index in [-0.39, 0.29) is 13.0 Å². The van der Waals surface area contributed by atoms with Crippen molar-refractivity contribution in [3.8, 4) is 16.9 Å². The van der Waals surface area contributed by atoms with E-state index in [4.69, 9.17) is 9.84 Å². The van der Waals surface area contributed by atoms with Gasteiger partial charge in [0.05, 0.1) is 13.0 Å². The van der Waals surface area contributed by atoms with Gasteiger partial charge < -0.3 is 9.84 Å². The van der Waals surface area contributed by atoms with Crippen molar-refractivity contribution < 1.29 is 14.6 Å². The number of aliphatic carboxylic acids is 1. The van der Waals surface area contributed by atoms with Crippen LogP contribution in [0.25, 0.3) is 11.1 Å². The van der Waals surface area contributed by atoms with E-state index in [1.807, 2.05) is 24.3 Å². The summed E-state index contributed by atoms with van der Waals surface area (Å²) in [6, 6.07) is 14.0. The molecule has 1 N–H and O–H groups in total. The van der Waals surface area contributed by atoms with Crippen LogP contribution in [0.1, 0.15) is 17.5 Å². The molecule has 2 aromatic carbocycles. The lowest BCUT2D eigenvalue weighted by atomic mass is 10.0. The number of carbonyl (C=O) groups is 1. The van der Waals surface area contributed by atoms with Crippen LogP contribution in [0.4, 0.5) is 0 Å². The number of carboxylic acid groups (broad SMARTS) is 1. The minimum absolute atomic E-state index is 0.00781. The fourth-order valence-corrected chi connectivity index (χ4v) is 1.94. The van der Waals surface area contributed by atoms with Crippen molar-refractivity contribution in [3.63, 3.8) is 0 Å². The maximum Gasteiger partial charge on any atom is 0.306 e. The van der Waals surface area contributed by atoms with Gasteiger partial charge in [-0.1, -0.05) is 30.3 Å². The predicted octanol–water partition coefficient (Wildman–Crippen LogP) is 3.82. The molecule has 0 spiro atoms. The summed E-state index contributed by atoms with van der Waals surface area (Å²) in [6.07, 6.45) is 0.00781. The molecule has 0 saturated carbocycles. The summed E-state index contributed by atoms with van der Waals surface area (Å²) in [5.41, 5.74) is 4.72. The van der Waals surface area contributed by atoms with Crippen LogP contribution in [0.15, 0.2) is 42.5 Å². The van der Waals surface area contributed by atoms with Gasteiger partial charge in [-0.15, -0.1) is 0 Å². The molecule has 2 rings (SSSR count). The van der Waals surface area contributed by atoms with Crippen molar-refractivity contribution in [2.24, 2.45) is 0 Å². The van der Waals surface area contributed by atoms with Gasteiger partial charge in [0.1, 0.15) is 5.75 Å². The Kier molecular flexibility index (Phi) is 4.41. The summed E-state index contributed by atoms with van der Waals surface area (Å²) < 4.78 is 5.45. The number of aryl methyl sites for hydroxylation is 2. The Hall–Kier alpha value is -2.29. The Morgan fingerprint density at radius 2 is 1.80 bits per heavy atom. The summed E-state index contributed by atoms with van der Waals surface area (Å²) >= 11 is 0. The molecule has 0 atom stereocenters. The van der Waals surface area contributed by atoms with Crippen LogP contribution in [0.5, 0.6) is 5.75 Å². The normalized spacial score (nSPS) is 10.3. The predicted molar refractivity (Wildman–Crippen MR) is 79.1 cm³/mol. The van der Waals surface area contributed by atoms with Crippen LogP contribution in [-0.4, -0.2) is 17.7 Å². The highest BCUT2D eigenvalue weighted by Gasteiger charge is 2.03. The smallest absolute Gasteiger partial charge is 0.306 e. The summed E-state index contributed by atoms with van der Waals surface area (Å²) in [5.74, 6) is -0.155. The molecule has 3 nitrogen and oxygen atoms in total. The van der Waals surface area contributed by atoms with Crippen LogP contribution >= 0.6 is 0 Å². The Labute approximate surface area is 118 Å². The minimum Gasteiger partial charge on any atom is -0.493 e. The Bertz CT molecular complexity index is 617. The van der Waals surface area contributed by atoms with Crippen molar-refractivity contribution in [2.45, 2.75) is 20.3 Å². The molecular weight excluding hydrogens is 252 g/mol. The maximum absolute atomic E-state index is 10.5. The monoisotopic (exact) mass is 270 g/mol. The topological polar surface area (TPSA) is 46.5 Å². The average Bonchev–Trinajstić information content (AvgIpc) is 2.42. The molecule has 0 amide bonds. The number of hydrogen-bond donors (Lipinski definition) is 1. The zero-order valence-electron chi connectivity index (χ0n) is 11.7.